The number of hydrogen-bond acceptors (Lipinski definition) is 4. The summed E-state index contributed by atoms with van der Waals surface area (Å²) in [6, 6.07) is 17.0. The number of rotatable bonds is 6. The molecule has 2 aliphatic heterocycles. The summed E-state index contributed by atoms with van der Waals surface area (Å²) in [6.45, 7) is 1.99. The highest BCUT2D eigenvalue weighted by atomic mass is 16.5. The quantitative estimate of drug-likeness (QED) is 0.649. The molecule has 2 aromatic carbocycles. The molecule has 2 aliphatic rings. The van der Waals surface area contributed by atoms with Gasteiger partial charge in [-0.1, -0.05) is 30.3 Å². The lowest BCUT2D eigenvalue weighted by molar-refractivity contribution is -0.143. The van der Waals surface area contributed by atoms with E-state index in [2.05, 4.69) is 9.97 Å². The van der Waals surface area contributed by atoms with Gasteiger partial charge in [-0.2, -0.15) is 0 Å². The maximum atomic E-state index is 13.2. The van der Waals surface area contributed by atoms with Crippen molar-refractivity contribution < 1.29 is 14.3 Å². The van der Waals surface area contributed by atoms with Crippen LogP contribution in [-0.4, -0.2) is 63.4 Å². The number of aryl methyl sites for hydroxylation is 1. The summed E-state index contributed by atoms with van der Waals surface area (Å²) in [5.41, 5.74) is 1.86. The van der Waals surface area contributed by atoms with Crippen LogP contribution in [0.2, 0.25) is 0 Å². The second kappa shape index (κ2) is 9.02. The van der Waals surface area contributed by atoms with Gasteiger partial charge in [0.05, 0.1) is 17.6 Å². The van der Waals surface area contributed by atoms with Gasteiger partial charge in [-0.25, -0.2) is 4.98 Å². The lowest BCUT2D eigenvalue weighted by atomic mass is 10.1. The van der Waals surface area contributed by atoms with Crippen molar-refractivity contribution in [1.29, 1.82) is 0 Å². The molecule has 166 valence electrons. The molecule has 5 rings (SSSR count). The number of carbonyl (C=O) groups excluding carboxylic acids is 2. The summed E-state index contributed by atoms with van der Waals surface area (Å²) < 4.78 is 6.12. The first kappa shape index (κ1) is 20.5. The lowest BCUT2D eigenvalue weighted by Gasteiger charge is -2.27. The van der Waals surface area contributed by atoms with Gasteiger partial charge in [-0.05, 0) is 37.1 Å². The molecular formula is C25H28N4O3. The van der Waals surface area contributed by atoms with Crippen molar-refractivity contribution in [1.82, 2.24) is 19.8 Å². The van der Waals surface area contributed by atoms with Crippen LogP contribution in [0.4, 0.5) is 0 Å². The Labute approximate surface area is 187 Å². The maximum absolute atomic E-state index is 13.2. The summed E-state index contributed by atoms with van der Waals surface area (Å²) in [6.07, 6.45) is 3.22. The van der Waals surface area contributed by atoms with Crippen molar-refractivity contribution in [2.75, 3.05) is 19.6 Å². The average molecular weight is 433 g/mol. The molecule has 2 saturated heterocycles. The highest BCUT2D eigenvalue weighted by Gasteiger charge is 2.42. The van der Waals surface area contributed by atoms with Crippen molar-refractivity contribution >= 4 is 22.8 Å². The zero-order chi connectivity index (χ0) is 21.9. The third-order valence-corrected chi connectivity index (χ3v) is 6.35. The van der Waals surface area contributed by atoms with E-state index in [0.717, 1.165) is 48.5 Å². The highest BCUT2D eigenvalue weighted by Crippen LogP contribution is 2.26. The van der Waals surface area contributed by atoms with Crippen LogP contribution < -0.4 is 4.74 Å². The summed E-state index contributed by atoms with van der Waals surface area (Å²) in [5, 5.41) is 0. The van der Waals surface area contributed by atoms with Crippen LogP contribution in [-0.2, 0) is 16.0 Å². The first-order chi connectivity index (χ1) is 15.7. The number of aromatic amines is 1. The van der Waals surface area contributed by atoms with Gasteiger partial charge in [0.1, 0.15) is 23.7 Å². The van der Waals surface area contributed by atoms with Crippen LogP contribution in [0.15, 0.2) is 54.6 Å². The summed E-state index contributed by atoms with van der Waals surface area (Å²) in [5.74, 6) is 1.58. The minimum atomic E-state index is -0.454. The number of nitrogens with zero attached hydrogens (tertiary/aromatic N) is 3. The Morgan fingerprint density at radius 1 is 1.03 bits per heavy atom. The molecule has 0 spiro atoms. The van der Waals surface area contributed by atoms with E-state index < -0.39 is 6.04 Å². The first-order valence-electron chi connectivity index (χ1n) is 11.4. The van der Waals surface area contributed by atoms with Crippen LogP contribution in [0, 0.1) is 0 Å². The van der Waals surface area contributed by atoms with E-state index in [0.29, 0.717) is 25.8 Å². The second-order valence-electron chi connectivity index (χ2n) is 8.58. The Hall–Kier alpha value is -3.35. The number of benzene rings is 2. The van der Waals surface area contributed by atoms with E-state index in [1.165, 1.54) is 0 Å². The number of fused-ring (bicyclic) bond motifs is 1. The van der Waals surface area contributed by atoms with Crippen molar-refractivity contribution in [2.45, 2.75) is 44.2 Å². The molecule has 0 bridgehead atoms. The number of para-hydroxylation sites is 3. The van der Waals surface area contributed by atoms with Gasteiger partial charge < -0.3 is 19.5 Å². The minimum Gasteiger partial charge on any atom is -0.488 e. The smallest absolute Gasteiger partial charge is 0.245 e. The molecule has 3 heterocycles. The van der Waals surface area contributed by atoms with Gasteiger partial charge in [-0.3, -0.25) is 9.59 Å². The van der Waals surface area contributed by atoms with Crippen molar-refractivity contribution in [3.63, 3.8) is 0 Å². The molecule has 0 saturated carbocycles. The van der Waals surface area contributed by atoms with Crippen molar-refractivity contribution in [2.24, 2.45) is 0 Å². The third-order valence-electron chi connectivity index (χ3n) is 6.35. The highest BCUT2D eigenvalue weighted by molar-refractivity contribution is 5.88. The van der Waals surface area contributed by atoms with Gasteiger partial charge >= 0.3 is 0 Å². The zero-order valence-corrected chi connectivity index (χ0v) is 18.1. The van der Waals surface area contributed by atoms with Gasteiger partial charge in [0.25, 0.3) is 0 Å². The predicted octanol–water partition coefficient (Wildman–Crippen LogP) is 3.17. The number of imidazole rings is 1. The van der Waals surface area contributed by atoms with Crippen LogP contribution >= 0.6 is 0 Å². The van der Waals surface area contributed by atoms with E-state index in [-0.39, 0.29) is 17.9 Å². The molecule has 2 fully saturated rings. The molecule has 2 atom stereocenters. The summed E-state index contributed by atoms with van der Waals surface area (Å²) >= 11 is 0. The molecule has 1 aromatic heterocycles. The Morgan fingerprint density at radius 3 is 2.56 bits per heavy atom. The van der Waals surface area contributed by atoms with E-state index >= 15 is 0 Å². The predicted molar refractivity (Wildman–Crippen MR) is 121 cm³/mol. The number of ether oxygens (including phenoxy) is 1. The Kier molecular flexibility index (Phi) is 5.79. The Morgan fingerprint density at radius 2 is 1.78 bits per heavy atom. The van der Waals surface area contributed by atoms with Gasteiger partial charge in [0, 0.05) is 32.4 Å². The summed E-state index contributed by atoms with van der Waals surface area (Å²) in [7, 11) is 0. The van der Waals surface area contributed by atoms with Crippen LogP contribution in [0.25, 0.3) is 11.0 Å². The number of hydrogen-bond donors (Lipinski definition) is 1. The first-order valence-corrected chi connectivity index (χ1v) is 11.4. The van der Waals surface area contributed by atoms with E-state index in [1.54, 1.807) is 4.90 Å². The Bertz CT molecular complexity index is 1060. The lowest BCUT2D eigenvalue weighted by Crippen LogP contribution is -2.47. The molecule has 0 radical (unpaired) electrons. The molecule has 32 heavy (non-hydrogen) atoms. The molecular weight excluding hydrogens is 404 g/mol. The summed E-state index contributed by atoms with van der Waals surface area (Å²) in [4.78, 5) is 37.9. The van der Waals surface area contributed by atoms with Gasteiger partial charge in [0.15, 0.2) is 0 Å². The molecule has 2 amide bonds. The number of nitrogens with one attached hydrogen (secondary N) is 1. The van der Waals surface area contributed by atoms with Crippen LogP contribution in [0.5, 0.6) is 5.75 Å². The zero-order valence-electron chi connectivity index (χ0n) is 18.1. The molecule has 3 aromatic rings. The number of H-pyrrole nitrogens is 1. The number of likely N-dealkylation sites (tertiary alicyclic amines) is 2. The SMILES string of the molecule is O=C([C@@H]1C[C@H](Oc2ccccc2)CN1C(=O)CCc1nc2ccccc2[nH]1)N1CCCC1. The molecule has 0 unspecified atom stereocenters. The fourth-order valence-electron chi connectivity index (χ4n) is 4.73. The van der Waals surface area contributed by atoms with Gasteiger partial charge in [0.2, 0.25) is 11.8 Å². The fraction of sp³-hybridized carbons (Fsp3) is 0.400. The molecule has 0 aliphatic carbocycles. The minimum absolute atomic E-state index is 0.0258. The van der Waals surface area contributed by atoms with Crippen LogP contribution in [0.3, 0.4) is 0 Å². The van der Waals surface area contributed by atoms with E-state index in [9.17, 15) is 9.59 Å². The van der Waals surface area contributed by atoms with E-state index in [1.807, 2.05) is 59.5 Å². The number of carbonyl (C=O) groups is 2. The molecule has 7 heteroatoms. The normalized spacial score (nSPS) is 20.8. The van der Waals surface area contributed by atoms with Crippen molar-refractivity contribution in [3.05, 3.63) is 60.4 Å². The second-order valence-corrected chi connectivity index (χ2v) is 8.58. The van der Waals surface area contributed by atoms with Crippen molar-refractivity contribution in [3.8, 4) is 5.75 Å². The third kappa shape index (κ3) is 4.33. The van der Waals surface area contributed by atoms with Crippen LogP contribution in [0.1, 0.15) is 31.5 Å². The monoisotopic (exact) mass is 432 g/mol. The standard InChI is InChI=1S/C25H28N4O3/c30-24(13-12-23-26-20-10-4-5-11-21(20)27-23)29-17-19(32-18-8-2-1-3-9-18)16-22(29)25(31)28-14-6-7-15-28/h1-5,8-11,19,22H,6-7,12-17H2,(H,26,27)/t19-,22-/m0/s1. The average Bonchev–Trinajstić information content (AvgIpc) is 3.57. The Balaban J connectivity index is 1.28. The molecule has 1 N–H and O–H groups in total. The van der Waals surface area contributed by atoms with E-state index in [4.69, 9.17) is 4.74 Å². The maximum Gasteiger partial charge on any atom is 0.245 e. The molecule has 7 nitrogen and oxygen atoms in total. The topological polar surface area (TPSA) is 78.5 Å². The number of aromatic nitrogens is 2. The fourth-order valence-corrected chi connectivity index (χ4v) is 4.73. The van der Waals surface area contributed by atoms with Gasteiger partial charge in [-0.15, -0.1) is 0 Å². The largest absolute Gasteiger partial charge is 0.488 e. The number of amides is 2.